The molecule has 0 bridgehead atoms. The molecule has 0 aromatic rings. The molecule has 0 saturated carbocycles. The van der Waals surface area contributed by atoms with Gasteiger partial charge in [-0.15, -0.1) is 0 Å². The Morgan fingerprint density at radius 1 is 0.857 bits per heavy atom. The Labute approximate surface area is 90.7 Å². The lowest BCUT2D eigenvalue weighted by Crippen LogP contribution is -2.24. The summed E-state index contributed by atoms with van der Waals surface area (Å²) in [6.45, 7) is 11.6. The number of hydrogen-bond donors (Lipinski definition) is 1. The average molecular weight is 199 g/mol. The third-order valence-corrected chi connectivity index (χ3v) is 3.26. The maximum atomic E-state index is 3.54. The van der Waals surface area contributed by atoms with Crippen LogP contribution in [0.1, 0.15) is 59.8 Å². The lowest BCUT2D eigenvalue weighted by molar-refractivity contribution is 0.333. The molecule has 1 atom stereocenters. The van der Waals surface area contributed by atoms with Crippen molar-refractivity contribution < 1.29 is 0 Å². The van der Waals surface area contributed by atoms with Crippen LogP contribution < -0.4 is 5.32 Å². The van der Waals surface area contributed by atoms with Crippen LogP contribution in [0.2, 0.25) is 0 Å². The van der Waals surface area contributed by atoms with Gasteiger partial charge in [-0.1, -0.05) is 47.0 Å². The van der Waals surface area contributed by atoms with Gasteiger partial charge in [0.2, 0.25) is 0 Å². The molecule has 1 N–H and O–H groups in total. The molecule has 14 heavy (non-hydrogen) atoms. The van der Waals surface area contributed by atoms with Gasteiger partial charge in [-0.05, 0) is 37.8 Å². The van der Waals surface area contributed by atoms with Crippen LogP contribution in [0.15, 0.2) is 0 Å². The summed E-state index contributed by atoms with van der Waals surface area (Å²) in [6.07, 6.45) is 6.69. The Kier molecular flexibility index (Phi) is 9.49. The van der Waals surface area contributed by atoms with Gasteiger partial charge in [0.25, 0.3) is 0 Å². The second kappa shape index (κ2) is 9.51. The van der Waals surface area contributed by atoms with E-state index in [0.29, 0.717) is 0 Å². The van der Waals surface area contributed by atoms with Crippen molar-refractivity contribution >= 4 is 0 Å². The molecule has 1 unspecified atom stereocenters. The zero-order valence-corrected chi connectivity index (χ0v) is 10.6. The SMILES string of the molecule is CCCNCC(CC)CC(CC)CC. The molecule has 0 heterocycles. The molecule has 0 aliphatic carbocycles. The summed E-state index contributed by atoms with van der Waals surface area (Å²) >= 11 is 0. The number of hydrogen-bond acceptors (Lipinski definition) is 1. The summed E-state index contributed by atoms with van der Waals surface area (Å²) < 4.78 is 0. The molecule has 1 nitrogen and oxygen atoms in total. The minimum absolute atomic E-state index is 0.895. The zero-order valence-electron chi connectivity index (χ0n) is 10.6. The van der Waals surface area contributed by atoms with Gasteiger partial charge in [0.15, 0.2) is 0 Å². The molecule has 0 spiro atoms. The molecule has 0 rings (SSSR count). The molecule has 0 saturated heterocycles. The van der Waals surface area contributed by atoms with E-state index in [1.807, 2.05) is 0 Å². The van der Waals surface area contributed by atoms with Crippen LogP contribution in [-0.4, -0.2) is 13.1 Å². The maximum Gasteiger partial charge on any atom is -0.00205 e. The Bertz CT molecular complexity index is 108. The van der Waals surface area contributed by atoms with Crippen molar-refractivity contribution in [3.63, 3.8) is 0 Å². The highest BCUT2D eigenvalue weighted by molar-refractivity contribution is 4.66. The highest BCUT2D eigenvalue weighted by Gasteiger charge is 2.11. The standard InChI is InChI=1S/C13H29N/c1-5-9-14-11-13(8-4)10-12(6-2)7-3/h12-14H,5-11H2,1-4H3. The van der Waals surface area contributed by atoms with Crippen molar-refractivity contribution in [3.8, 4) is 0 Å². The molecule has 0 fully saturated rings. The summed E-state index contributed by atoms with van der Waals surface area (Å²) in [7, 11) is 0. The minimum atomic E-state index is 0.895. The van der Waals surface area contributed by atoms with Gasteiger partial charge in [-0.2, -0.15) is 0 Å². The highest BCUT2D eigenvalue weighted by Crippen LogP contribution is 2.20. The first-order chi connectivity index (χ1) is 6.78. The Morgan fingerprint density at radius 2 is 1.43 bits per heavy atom. The topological polar surface area (TPSA) is 12.0 Å². The summed E-state index contributed by atoms with van der Waals surface area (Å²) in [4.78, 5) is 0. The van der Waals surface area contributed by atoms with Crippen LogP contribution in [0, 0.1) is 11.8 Å². The van der Waals surface area contributed by atoms with Crippen molar-refractivity contribution in [2.45, 2.75) is 59.8 Å². The van der Waals surface area contributed by atoms with Crippen LogP contribution in [0.4, 0.5) is 0 Å². The molecule has 86 valence electrons. The molecule has 0 aliphatic heterocycles. The zero-order chi connectivity index (χ0) is 10.8. The maximum absolute atomic E-state index is 3.54. The molecular weight excluding hydrogens is 170 g/mol. The first-order valence-electron chi connectivity index (χ1n) is 6.49. The fourth-order valence-electron chi connectivity index (χ4n) is 1.97. The van der Waals surface area contributed by atoms with Crippen molar-refractivity contribution in [1.29, 1.82) is 0 Å². The van der Waals surface area contributed by atoms with E-state index in [9.17, 15) is 0 Å². The van der Waals surface area contributed by atoms with Gasteiger partial charge in [-0.3, -0.25) is 0 Å². The molecule has 0 aliphatic rings. The van der Waals surface area contributed by atoms with Crippen LogP contribution >= 0.6 is 0 Å². The first kappa shape index (κ1) is 14.0. The van der Waals surface area contributed by atoms with Gasteiger partial charge in [0, 0.05) is 0 Å². The van der Waals surface area contributed by atoms with Crippen LogP contribution in [-0.2, 0) is 0 Å². The summed E-state index contributed by atoms with van der Waals surface area (Å²) in [5.41, 5.74) is 0. The average Bonchev–Trinajstić information content (AvgIpc) is 2.23. The third kappa shape index (κ3) is 6.42. The second-order valence-electron chi connectivity index (χ2n) is 4.40. The fraction of sp³-hybridized carbons (Fsp3) is 1.00. The predicted octanol–water partition coefficient (Wildman–Crippen LogP) is 3.84. The summed E-state index contributed by atoms with van der Waals surface area (Å²) in [6, 6.07) is 0. The molecule has 0 radical (unpaired) electrons. The Hall–Kier alpha value is -0.0400. The van der Waals surface area contributed by atoms with E-state index in [1.54, 1.807) is 0 Å². The second-order valence-corrected chi connectivity index (χ2v) is 4.40. The normalized spacial score (nSPS) is 13.5. The molecule has 0 aromatic carbocycles. The predicted molar refractivity (Wildman–Crippen MR) is 65.6 cm³/mol. The van der Waals surface area contributed by atoms with E-state index >= 15 is 0 Å². The Morgan fingerprint density at radius 3 is 1.86 bits per heavy atom. The largest absolute Gasteiger partial charge is 0.316 e. The van der Waals surface area contributed by atoms with Crippen molar-refractivity contribution in [3.05, 3.63) is 0 Å². The van der Waals surface area contributed by atoms with Crippen molar-refractivity contribution in [2.75, 3.05) is 13.1 Å². The van der Waals surface area contributed by atoms with Crippen molar-refractivity contribution in [2.24, 2.45) is 11.8 Å². The lowest BCUT2D eigenvalue weighted by Gasteiger charge is -2.21. The third-order valence-electron chi connectivity index (χ3n) is 3.26. The number of nitrogens with one attached hydrogen (secondary N) is 1. The molecule has 0 aromatic heterocycles. The number of rotatable bonds is 9. The summed E-state index contributed by atoms with van der Waals surface area (Å²) in [5.74, 6) is 1.84. The molecule has 0 amide bonds. The van der Waals surface area contributed by atoms with E-state index < -0.39 is 0 Å². The molecule has 1 heteroatoms. The van der Waals surface area contributed by atoms with Gasteiger partial charge in [0.05, 0.1) is 0 Å². The van der Waals surface area contributed by atoms with E-state index in [2.05, 4.69) is 33.0 Å². The fourth-order valence-corrected chi connectivity index (χ4v) is 1.97. The van der Waals surface area contributed by atoms with Gasteiger partial charge in [0.1, 0.15) is 0 Å². The highest BCUT2D eigenvalue weighted by atomic mass is 14.8. The van der Waals surface area contributed by atoms with Crippen LogP contribution in [0.25, 0.3) is 0 Å². The van der Waals surface area contributed by atoms with E-state index in [4.69, 9.17) is 0 Å². The monoisotopic (exact) mass is 199 g/mol. The van der Waals surface area contributed by atoms with E-state index in [-0.39, 0.29) is 0 Å². The quantitative estimate of drug-likeness (QED) is 0.556. The van der Waals surface area contributed by atoms with Gasteiger partial charge < -0.3 is 5.32 Å². The van der Waals surface area contributed by atoms with Crippen molar-refractivity contribution in [1.82, 2.24) is 5.32 Å². The summed E-state index contributed by atoms with van der Waals surface area (Å²) in [5, 5.41) is 3.54. The smallest absolute Gasteiger partial charge is 0.00205 e. The first-order valence-corrected chi connectivity index (χ1v) is 6.49. The minimum Gasteiger partial charge on any atom is -0.316 e. The van der Waals surface area contributed by atoms with Crippen LogP contribution in [0.5, 0.6) is 0 Å². The molecular formula is C13H29N. The lowest BCUT2D eigenvalue weighted by atomic mass is 9.89. The Balaban J connectivity index is 3.65. The van der Waals surface area contributed by atoms with E-state index in [0.717, 1.165) is 11.8 Å². The van der Waals surface area contributed by atoms with Gasteiger partial charge in [-0.25, -0.2) is 0 Å². The van der Waals surface area contributed by atoms with E-state index in [1.165, 1.54) is 45.2 Å². The van der Waals surface area contributed by atoms with Gasteiger partial charge >= 0.3 is 0 Å². The van der Waals surface area contributed by atoms with Crippen LogP contribution in [0.3, 0.4) is 0 Å².